The SMILES string of the molecule is COCCN1C(=O)C(=Cc2ccc(OCC(=O)O)c(I)c2)SC1=Nc1ccccc1. The third-order valence-corrected chi connectivity index (χ3v) is 5.84. The van der Waals surface area contributed by atoms with Gasteiger partial charge < -0.3 is 14.6 Å². The maximum atomic E-state index is 13.0. The van der Waals surface area contributed by atoms with Gasteiger partial charge in [-0.25, -0.2) is 9.79 Å². The molecule has 0 radical (unpaired) electrons. The molecule has 156 valence electrons. The fourth-order valence-electron chi connectivity index (χ4n) is 2.60. The van der Waals surface area contributed by atoms with Gasteiger partial charge in [-0.2, -0.15) is 0 Å². The minimum absolute atomic E-state index is 0.132. The number of nitrogens with zero attached hydrogens (tertiary/aromatic N) is 2. The van der Waals surface area contributed by atoms with Gasteiger partial charge in [-0.1, -0.05) is 24.3 Å². The van der Waals surface area contributed by atoms with E-state index in [1.165, 1.54) is 11.8 Å². The molecule has 0 aromatic heterocycles. The van der Waals surface area contributed by atoms with E-state index < -0.39 is 12.6 Å². The molecule has 3 rings (SSSR count). The highest BCUT2D eigenvalue weighted by molar-refractivity contribution is 14.1. The summed E-state index contributed by atoms with van der Waals surface area (Å²) in [6.07, 6.45) is 1.80. The van der Waals surface area contributed by atoms with Crippen LogP contribution in [0.3, 0.4) is 0 Å². The van der Waals surface area contributed by atoms with Gasteiger partial charge in [0.25, 0.3) is 5.91 Å². The first-order valence-electron chi connectivity index (χ1n) is 8.96. The molecule has 1 heterocycles. The van der Waals surface area contributed by atoms with Gasteiger partial charge in [0.05, 0.1) is 27.3 Å². The van der Waals surface area contributed by atoms with Crippen LogP contribution in [0.1, 0.15) is 5.56 Å². The number of thioether (sulfide) groups is 1. The molecule has 7 nitrogen and oxygen atoms in total. The molecule has 0 bridgehead atoms. The summed E-state index contributed by atoms with van der Waals surface area (Å²) in [6, 6.07) is 14.8. The van der Waals surface area contributed by atoms with Crippen LogP contribution in [-0.2, 0) is 14.3 Å². The van der Waals surface area contributed by atoms with E-state index in [1.807, 2.05) is 36.4 Å². The van der Waals surface area contributed by atoms with Crippen LogP contribution in [-0.4, -0.2) is 53.9 Å². The Morgan fingerprint density at radius 2 is 2.03 bits per heavy atom. The summed E-state index contributed by atoms with van der Waals surface area (Å²) in [5, 5.41) is 9.36. The summed E-state index contributed by atoms with van der Waals surface area (Å²) in [7, 11) is 1.59. The Kier molecular flexibility index (Phi) is 7.88. The molecule has 1 N–H and O–H groups in total. The van der Waals surface area contributed by atoms with Crippen molar-refractivity contribution in [1.29, 1.82) is 0 Å². The van der Waals surface area contributed by atoms with Crippen molar-refractivity contribution in [2.24, 2.45) is 4.99 Å². The van der Waals surface area contributed by atoms with Crippen LogP contribution in [0.25, 0.3) is 6.08 Å². The highest BCUT2D eigenvalue weighted by Gasteiger charge is 2.33. The third kappa shape index (κ3) is 5.83. The Balaban J connectivity index is 1.85. The molecule has 0 unspecified atom stereocenters. The lowest BCUT2D eigenvalue weighted by atomic mass is 10.2. The molecule has 0 saturated carbocycles. The molecule has 1 fully saturated rings. The Hall–Kier alpha value is -2.37. The van der Waals surface area contributed by atoms with Crippen LogP contribution < -0.4 is 4.74 Å². The monoisotopic (exact) mass is 538 g/mol. The number of carbonyl (C=O) groups is 2. The van der Waals surface area contributed by atoms with Gasteiger partial charge in [0, 0.05) is 7.11 Å². The molecule has 30 heavy (non-hydrogen) atoms. The zero-order valence-corrected chi connectivity index (χ0v) is 19.1. The summed E-state index contributed by atoms with van der Waals surface area (Å²) >= 11 is 3.39. The highest BCUT2D eigenvalue weighted by atomic mass is 127. The zero-order valence-electron chi connectivity index (χ0n) is 16.1. The number of aliphatic imine (C=N–C) groups is 1. The Morgan fingerprint density at radius 3 is 2.70 bits per heavy atom. The average Bonchev–Trinajstić information content (AvgIpc) is 3.00. The van der Waals surface area contributed by atoms with Crippen LogP contribution >= 0.6 is 34.4 Å². The smallest absolute Gasteiger partial charge is 0.341 e. The second kappa shape index (κ2) is 10.6. The fourth-order valence-corrected chi connectivity index (χ4v) is 4.32. The van der Waals surface area contributed by atoms with E-state index in [0.29, 0.717) is 29.0 Å². The normalized spacial score (nSPS) is 16.5. The number of para-hydroxylation sites is 1. The highest BCUT2D eigenvalue weighted by Crippen LogP contribution is 2.34. The van der Waals surface area contributed by atoms with Crippen molar-refractivity contribution in [1.82, 2.24) is 4.90 Å². The standard InChI is InChI=1S/C21H19IN2O5S/c1-28-10-9-24-20(27)18(30-21(24)23-15-5-3-2-4-6-15)12-14-7-8-17(16(22)11-14)29-13-19(25)26/h2-8,11-12H,9-10,13H2,1H3,(H,25,26). The van der Waals surface area contributed by atoms with Crippen molar-refractivity contribution in [3.63, 3.8) is 0 Å². The number of amidine groups is 1. The van der Waals surface area contributed by atoms with E-state index in [1.54, 1.807) is 30.2 Å². The number of aliphatic carboxylic acids is 1. The molecule has 1 aliphatic heterocycles. The van der Waals surface area contributed by atoms with Crippen LogP contribution in [0, 0.1) is 3.57 Å². The topological polar surface area (TPSA) is 88.4 Å². The first-order chi connectivity index (χ1) is 14.5. The summed E-state index contributed by atoms with van der Waals surface area (Å²) in [4.78, 5) is 30.4. The van der Waals surface area contributed by atoms with Crippen LogP contribution in [0.4, 0.5) is 5.69 Å². The van der Waals surface area contributed by atoms with Crippen molar-refractivity contribution in [3.05, 3.63) is 62.6 Å². The molecule has 9 heteroatoms. The molecule has 0 spiro atoms. The van der Waals surface area contributed by atoms with E-state index in [4.69, 9.17) is 14.6 Å². The minimum Gasteiger partial charge on any atom is -0.481 e. The van der Waals surface area contributed by atoms with Gasteiger partial charge in [-0.3, -0.25) is 9.69 Å². The second-order valence-electron chi connectivity index (χ2n) is 6.16. The predicted molar refractivity (Wildman–Crippen MR) is 125 cm³/mol. The Bertz CT molecular complexity index is 994. The number of rotatable bonds is 8. The number of carboxylic acids is 1. The van der Waals surface area contributed by atoms with Gasteiger partial charge in [-0.15, -0.1) is 0 Å². The van der Waals surface area contributed by atoms with Crippen LogP contribution in [0.15, 0.2) is 58.4 Å². The molecule has 1 aliphatic rings. The lowest BCUT2D eigenvalue weighted by Crippen LogP contribution is -2.32. The number of halogens is 1. The van der Waals surface area contributed by atoms with E-state index in [9.17, 15) is 9.59 Å². The number of methoxy groups -OCH3 is 1. The van der Waals surface area contributed by atoms with Gasteiger partial charge in [0.2, 0.25) is 0 Å². The van der Waals surface area contributed by atoms with Gasteiger partial charge in [0.15, 0.2) is 11.8 Å². The maximum absolute atomic E-state index is 13.0. The van der Waals surface area contributed by atoms with Crippen molar-refractivity contribution >= 4 is 63.2 Å². The molecule has 0 aliphatic carbocycles. The molecule has 1 saturated heterocycles. The predicted octanol–water partition coefficient (Wildman–Crippen LogP) is 4.01. The summed E-state index contributed by atoms with van der Waals surface area (Å²) < 4.78 is 11.1. The fraction of sp³-hybridized carbons (Fsp3) is 0.190. The molecule has 2 aromatic rings. The lowest BCUT2D eigenvalue weighted by molar-refractivity contribution is -0.139. The van der Waals surface area contributed by atoms with Crippen molar-refractivity contribution in [3.8, 4) is 5.75 Å². The van der Waals surface area contributed by atoms with E-state index in [2.05, 4.69) is 27.6 Å². The van der Waals surface area contributed by atoms with E-state index in [0.717, 1.165) is 14.8 Å². The Labute approximate surface area is 191 Å². The maximum Gasteiger partial charge on any atom is 0.341 e. The summed E-state index contributed by atoms with van der Waals surface area (Å²) in [5.41, 5.74) is 1.58. The quantitative estimate of drug-likeness (QED) is 0.404. The Morgan fingerprint density at radius 1 is 1.27 bits per heavy atom. The molecule has 2 aromatic carbocycles. The number of ether oxygens (including phenoxy) is 2. The first-order valence-corrected chi connectivity index (χ1v) is 10.9. The lowest BCUT2D eigenvalue weighted by Gasteiger charge is -2.14. The summed E-state index contributed by atoms with van der Waals surface area (Å²) in [6.45, 7) is 0.407. The molecular weight excluding hydrogens is 519 g/mol. The summed E-state index contributed by atoms with van der Waals surface area (Å²) in [5.74, 6) is -0.683. The van der Waals surface area contributed by atoms with Crippen LogP contribution in [0.2, 0.25) is 0 Å². The first kappa shape index (κ1) is 22.3. The van der Waals surface area contributed by atoms with Crippen molar-refractivity contribution < 1.29 is 24.2 Å². The number of amides is 1. The largest absolute Gasteiger partial charge is 0.481 e. The number of hydrogen-bond acceptors (Lipinski definition) is 6. The zero-order chi connectivity index (χ0) is 21.5. The van der Waals surface area contributed by atoms with E-state index >= 15 is 0 Å². The van der Waals surface area contributed by atoms with Crippen molar-refractivity contribution in [2.45, 2.75) is 0 Å². The average molecular weight is 538 g/mol. The van der Waals surface area contributed by atoms with Crippen molar-refractivity contribution in [2.75, 3.05) is 26.9 Å². The molecular formula is C21H19IN2O5S. The molecule has 1 amide bonds. The van der Waals surface area contributed by atoms with Gasteiger partial charge in [-0.05, 0) is 70.3 Å². The van der Waals surface area contributed by atoms with Crippen LogP contribution in [0.5, 0.6) is 5.75 Å². The third-order valence-electron chi connectivity index (χ3n) is 3.99. The minimum atomic E-state index is -1.04. The molecule has 0 atom stereocenters. The number of carbonyl (C=O) groups excluding carboxylic acids is 1. The van der Waals surface area contributed by atoms with Gasteiger partial charge >= 0.3 is 5.97 Å². The number of carboxylic acid groups (broad SMARTS) is 1. The van der Waals surface area contributed by atoms with Gasteiger partial charge in [0.1, 0.15) is 5.75 Å². The number of benzene rings is 2. The van der Waals surface area contributed by atoms with E-state index in [-0.39, 0.29) is 5.91 Å². The number of hydrogen-bond donors (Lipinski definition) is 1. The second-order valence-corrected chi connectivity index (χ2v) is 8.33.